The largest absolute Gasteiger partial charge is 0.351 e. The number of aromatic nitrogens is 3. The van der Waals surface area contributed by atoms with Crippen LogP contribution in [-0.2, 0) is 6.54 Å². The van der Waals surface area contributed by atoms with Crippen LogP contribution >= 0.6 is 0 Å². The summed E-state index contributed by atoms with van der Waals surface area (Å²) in [5.41, 5.74) is 13.4. The summed E-state index contributed by atoms with van der Waals surface area (Å²) in [6, 6.07) is 21.7. The molecule has 0 radical (unpaired) electrons. The molecule has 0 bridgehead atoms. The number of urea groups is 1. The minimum Gasteiger partial charge on any atom is -0.351 e. The molecule has 198 valence electrons. The molecule has 7 nitrogen and oxygen atoms in total. The molecule has 0 saturated carbocycles. The first-order chi connectivity index (χ1) is 19.6. The highest BCUT2D eigenvalue weighted by atomic mass is 16.2. The normalized spacial score (nSPS) is 13.5. The molecule has 1 aliphatic heterocycles. The Balaban J connectivity index is 1.33. The van der Waals surface area contributed by atoms with Gasteiger partial charge in [0.05, 0.1) is 6.54 Å². The monoisotopic (exact) mass is 526 g/mol. The number of imidazole rings is 1. The quantitative estimate of drug-likeness (QED) is 0.302. The molecule has 1 saturated heterocycles. The van der Waals surface area contributed by atoms with Gasteiger partial charge >= 0.3 is 6.03 Å². The van der Waals surface area contributed by atoms with E-state index in [1.807, 2.05) is 59.3 Å². The van der Waals surface area contributed by atoms with Crippen LogP contribution in [0.5, 0.6) is 0 Å². The fourth-order valence-corrected chi connectivity index (χ4v) is 5.25. The van der Waals surface area contributed by atoms with Gasteiger partial charge in [-0.25, -0.2) is 9.78 Å². The molecule has 5 aromatic rings. The summed E-state index contributed by atoms with van der Waals surface area (Å²) in [6.07, 6.45) is 11.4. The Morgan fingerprint density at radius 1 is 0.950 bits per heavy atom. The number of piperidine rings is 1. The number of anilines is 1. The van der Waals surface area contributed by atoms with E-state index in [2.05, 4.69) is 51.4 Å². The maximum absolute atomic E-state index is 12.6. The van der Waals surface area contributed by atoms with Crippen LogP contribution in [0.2, 0.25) is 0 Å². The number of benzene rings is 2. The van der Waals surface area contributed by atoms with Gasteiger partial charge in [0.1, 0.15) is 5.65 Å². The Morgan fingerprint density at radius 3 is 2.52 bits per heavy atom. The molecule has 0 spiro atoms. The van der Waals surface area contributed by atoms with E-state index in [9.17, 15) is 4.79 Å². The summed E-state index contributed by atoms with van der Waals surface area (Å²) in [7, 11) is 0. The molecule has 6 rings (SSSR count). The molecule has 0 aliphatic carbocycles. The van der Waals surface area contributed by atoms with Gasteiger partial charge in [-0.2, -0.15) is 0 Å². The number of carbonyl (C=O) groups is 1. The smallest absolute Gasteiger partial charge is 0.319 e. The van der Waals surface area contributed by atoms with E-state index in [1.54, 1.807) is 23.5 Å². The molecule has 0 unspecified atom stereocenters. The summed E-state index contributed by atoms with van der Waals surface area (Å²) >= 11 is 0. The highest BCUT2D eigenvalue weighted by molar-refractivity contribution is 5.91. The number of pyridine rings is 2. The average Bonchev–Trinajstić information content (AvgIpc) is 3.48. The molecular formula is C33H30N6O. The molecule has 0 atom stereocenters. The predicted molar refractivity (Wildman–Crippen MR) is 158 cm³/mol. The fraction of sp³-hybridized carbons (Fsp3) is 0.182. The lowest BCUT2D eigenvalue weighted by atomic mass is 9.90. The molecule has 3 N–H and O–H groups in total. The second-order valence-corrected chi connectivity index (χ2v) is 10.0. The summed E-state index contributed by atoms with van der Waals surface area (Å²) in [4.78, 5) is 22.7. The number of nitrogens with zero attached hydrogens (tertiary/aromatic N) is 4. The van der Waals surface area contributed by atoms with Crippen LogP contribution in [-0.4, -0.2) is 33.5 Å². The molecule has 40 heavy (non-hydrogen) atoms. The van der Waals surface area contributed by atoms with Crippen molar-refractivity contribution in [3.05, 3.63) is 120 Å². The zero-order valence-electron chi connectivity index (χ0n) is 22.1. The third-order valence-corrected chi connectivity index (χ3v) is 7.44. The predicted octanol–water partition coefficient (Wildman–Crippen LogP) is 5.35. The van der Waals surface area contributed by atoms with E-state index in [-0.39, 0.29) is 0 Å². The Morgan fingerprint density at radius 2 is 1.75 bits per heavy atom. The van der Waals surface area contributed by atoms with Gasteiger partial charge in [-0.1, -0.05) is 30.0 Å². The van der Waals surface area contributed by atoms with E-state index in [0.29, 0.717) is 18.2 Å². The molecule has 1 fully saturated rings. The number of nitrogens with one attached hydrogen (secondary N) is 1. The zero-order valence-corrected chi connectivity index (χ0v) is 22.1. The van der Waals surface area contributed by atoms with Gasteiger partial charge in [0.2, 0.25) is 0 Å². The van der Waals surface area contributed by atoms with E-state index in [4.69, 9.17) is 5.73 Å². The van der Waals surface area contributed by atoms with E-state index < -0.39 is 6.03 Å². The molecule has 2 aromatic carbocycles. The minimum absolute atomic E-state index is 0.318. The first kappa shape index (κ1) is 25.4. The minimum atomic E-state index is -0.535. The number of amides is 2. The van der Waals surface area contributed by atoms with Crippen molar-refractivity contribution >= 4 is 17.4 Å². The van der Waals surface area contributed by atoms with E-state index >= 15 is 0 Å². The molecule has 7 heteroatoms. The van der Waals surface area contributed by atoms with Crippen molar-refractivity contribution in [1.29, 1.82) is 0 Å². The van der Waals surface area contributed by atoms with Crippen molar-refractivity contribution in [2.24, 2.45) is 5.73 Å². The number of hydrogen-bond acceptors (Lipinski definition) is 4. The summed E-state index contributed by atoms with van der Waals surface area (Å²) in [5, 5.41) is 3.43. The standard InChI is InChI=1S/C33H30N6O/c34-33(40)39(23-25-13-19-38-20-18-37-32(38)21-25)30-7-8-31(28-11-16-36-17-12-28)29(22-30)6-3-24-1-4-26(5-2-24)27-9-14-35-15-10-27/h1-2,4-5,7-8,11-13,16-22,27,35H,9-10,14-15,23H2,(H2,34,40). The van der Waals surface area contributed by atoms with E-state index in [0.717, 1.165) is 46.6 Å². The van der Waals surface area contributed by atoms with Crippen molar-refractivity contribution in [3.8, 4) is 23.0 Å². The van der Waals surface area contributed by atoms with Crippen LogP contribution in [0.25, 0.3) is 16.8 Å². The van der Waals surface area contributed by atoms with Crippen LogP contribution in [0.4, 0.5) is 10.5 Å². The van der Waals surface area contributed by atoms with E-state index in [1.165, 1.54) is 18.4 Å². The SMILES string of the molecule is NC(=O)N(Cc1ccn2ccnc2c1)c1ccc(-c2ccncc2)c(C#Cc2ccc(C3CCNCC3)cc2)c1. The van der Waals surface area contributed by atoms with Gasteiger partial charge in [0.25, 0.3) is 0 Å². The summed E-state index contributed by atoms with van der Waals surface area (Å²) in [6.45, 7) is 2.46. The summed E-state index contributed by atoms with van der Waals surface area (Å²) in [5.74, 6) is 7.32. The van der Waals surface area contributed by atoms with Crippen LogP contribution in [0.15, 0.2) is 97.7 Å². The number of primary amides is 1. The van der Waals surface area contributed by atoms with Crippen LogP contribution < -0.4 is 16.0 Å². The first-order valence-corrected chi connectivity index (χ1v) is 13.5. The van der Waals surface area contributed by atoms with Crippen molar-refractivity contribution < 1.29 is 4.79 Å². The van der Waals surface area contributed by atoms with Gasteiger partial charge in [0.15, 0.2) is 0 Å². The van der Waals surface area contributed by atoms with Gasteiger partial charge in [-0.15, -0.1) is 0 Å². The third-order valence-electron chi connectivity index (χ3n) is 7.44. The second-order valence-electron chi connectivity index (χ2n) is 10.0. The number of carbonyl (C=O) groups excluding carboxylic acids is 1. The van der Waals surface area contributed by atoms with Gasteiger partial charge in [0, 0.05) is 47.8 Å². The van der Waals surface area contributed by atoms with Crippen LogP contribution in [0, 0.1) is 11.8 Å². The van der Waals surface area contributed by atoms with Crippen molar-refractivity contribution in [2.75, 3.05) is 18.0 Å². The van der Waals surface area contributed by atoms with Gasteiger partial charge < -0.3 is 15.5 Å². The highest BCUT2D eigenvalue weighted by Gasteiger charge is 2.17. The zero-order chi connectivity index (χ0) is 27.3. The number of rotatable bonds is 5. The molecule has 3 aromatic heterocycles. The van der Waals surface area contributed by atoms with Crippen LogP contribution in [0.1, 0.15) is 41.0 Å². The Hall–Kier alpha value is -4.93. The summed E-state index contributed by atoms with van der Waals surface area (Å²) < 4.78 is 1.92. The number of nitrogens with two attached hydrogens (primary N) is 1. The fourth-order valence-electron chi connectivity index (χ4n) is 5.25. The molecule has 2 amide bonds. The lowest BCUT2D eigenvalue weighted by molar-refractivity contribution is 0.253. The topological polar surface area (TPSA) is 88.6 Å². The van der Waals surface area contributed by atoms with Crippen LogP contribution in [0.3, 0.4) is 0 Å². The Labute approximate surface area is 233 Å². The van der Waals surface area contributed by atoms with Crippen molar-refractivity contribution in [2.45, 2.75) is 25.3 Å². The molecule has 1 aliphatic rings. The highest BCUT2D eigenvalue weighted by Crippen LogP contribution is 2.29. The first-order valence-electron chi connectivity index (χ1n) is 13.5. The Kier molecular flexibility index (Phi) is 7.25. The lowest BCUT2D eigenvalue weighted by Gasteiger charge is -2.22. The van der Waals surface area contributed by atoms with Crippen molar-refractivity contribution in [3.63, 3.8) is 0 Å². The van der Waals surface area contributed by atoms with Gasteiger partial charge in [-0.05, 0) is 103 Å². The molecular weight excluding hydrogens is 496 g/mol. The third kappa shape index (κ3) is 5.58. The lowest BCUT2D eigenvalue weighted by Crippen LogP contribution is -2.35. The second kappa shape index (κ2) is 11.4. The van der Waals surface area contributed by atoms with Gasteiger partial charge in [-0.3, -0.25) is 9.88 Å². The number of hydrogen-bond donors (Lipinski definition) is 2. The maximum Gasteiger partial charge on any atom is 0.319 e. The average molecular weight is 527 g/mol. The number of fused-ring (bicyclic) bond motifs is 1. The maximum atomic E-state index is 12.6. The van der Waals surface area contributed by atoms with Crippen molar-refractivity contribution in [1.82, 2.24) is 19.7 Å². The Bertz CT molecular complexity index is 1690. The molecule has 4 heterocycles.